The SMILES string of the molecule is CSC1(CNC(=O)c2cccc3c2CCNC3)CC1. The van der Waals surface area contributed by atoms with Crippen LogP contribution in [-0.4, -0.2) is 30.0 Å². The van der Waals surface area contributed by atoms with E-state index in [4.69, 9.17) is 0 Å². The molecule has 0 saturated heterocycles. The zero-order valence-electron chi connectivity index (χ0n) is 11.3. The predicted molar refractivity (Wildman–Crippen MR) is 79.7 cm³/mol. The van der Waals surface area contributed by atoms with Crippen LogP contribution in [0.3, 0.4) is 0 Å². The molecular weight excluding hydrogens is 256 g/mol. The summed E-state index contributed by atoms with van der Waals surface area (Å²) in [6.45, 7) is 2.65. The number of nitrogens with one attached hydrogen (secondary N) is 2. The number of hydrogen-bond donors (Lipinski definition) is 2. The number of hydrogen-bond acceptors (Lipinski definition) is 3. The summed E-state index contributed by atoms with van der Waals surface area (Å²) in [6, 6.07) is 6.06. The van der Waals surface area contributed by atoms with Crippen LogP contribution >= 0.6 is 11.8 Å². The van der Waals surface area contributed by atoms with Gasteiger partial charge in [-0.1, -0.05) is 12.1 Å². The van der Waals surface area contributed by atoms with Crippen LogP contribution in [0.25, 0.3) is 0 Å². The lowest BCUT2D eigenvalue weighted by atomic mass is 9.95. The third-order valence-corrected chi connectivity index (χ3v) is 5.62. The average molecular weight is 276 g/mol. The largest absolute Gasteiger partial charge is 0.351 e. The number of fused-ring (bicyclic) bond motifs is 1. The summed E-state index contributed by atoms with van der Waals surface area (Å²) >= 11 is 1.88. The Kier molecular flexibility index (Phi) is 3.54. The molecule has 1 amide bonds. The van der Waals surface area contributed by atoms with E-state index in [0.29, 0.717) is 4.75 Å². The van der Waals surface area contributed by atoms with Gasteiger partial charge in [0.15, 0.2) is 0 Å². The van der Waals surface area contributed by atoms with Crippen molar-refractivity contribution in [3.8, 4) is 0 Å². The number of benzene rings is 1. The number of carbonyl (C=O) groups is 1. The zero-order chi connectivity index (χ0) is 13.3. The molecule has 1 aliphatic carbocycles. The molecule has 0 bridgehead atoms. The quantitative estimate of drug-likeness (QED) is 0.883. The third kappa shape index (κ3) is 2.65. The molecule has 1 aliphatic heterocycles. The average Bonchev–Trinajstić information content (AvgIpc) is 3.25. The number of carbonyl (C=O) groups excluding carboxylic acids is 1. The summed E-state index contributed by atoms with van der Waals surface area (Å²) in [5, 5.41) is 6.47. The molecule has 0 unspecified atom stereocenters. The van der Waals surface area contributed by atoms with Crippen molar-refractivity contribution in [1.29, 1.82) is 0 Å². The number of thioether (sulfide) groups is 1. The van der Waals surface area contributed by atoms with Crippen LogP contribution in [0, 0.1) is 0 Å². The van der Waals surface area contributed by atoms with E-state index in [0.717, 1.165) is 31.6 Å². The van der Waals surface area contributed by atoms with Gasteiger partial charge in [0, 0.05) is 23.4 Å². The number of rotatable bonds is 4. The van der Waals surface area contributed by atoms with Gasteiger partial charge in [-0.15, -0.1) is 0 Å². The fraction of sp³-hybridized carbons (Fsp3) is 0.533. The summed E-state index contributed by atoms with van der Waals surface area (Å²) in [5.74, 6) is 0.0964. The van der Waals surface area contributed by atoms with Gasteiger partial charge in [-0.05, 0) is 49.3 Å². The van der Waals surface area contributed by atoms with Gasteiger partial charge in [0.25, 0.3) is 5.91 Å². The molecule has 3 rings (SSSR count). The Morgan fingerprint density at radius 1 is 1.47 bits per heavy atom. The van der Waals surface area contributed by atoms with E-state index in [1.807, 2.05) is 23.9 Å². The molecule has 3 nitrogen and oxygen atoms in total. The molecule has 2 aliphatic rings. The molecular formula is C15H20N2OS. The lowest BCUT2D eigenvalue weighted by Crippen LogP contribution is -2.33. The first-order valence-electron chi connectivity index (χ1n) is 6.89. The van der Waals surface area contributed by atoms with Gasteiger partial charge in [-0.25, -0.2) is 0 Å². The van der Waals surface area contributed by atoms with Crippen molar-refractivity contribution >= 4 is 17.7 Å². The lowest BCUT2D eigenvalue weighted by molar-refractivity contribution is 0.0952. The van der Waals surface area contributed by atoms with E-state index in [1.165, 1.54) is 24.0 Å². The highest BCUT2D eigenvalue weighted by Crippen LogP contribution is 2.46. The second kappa shape index (κ2) is 5.17. The van der Waals surface area contributed by atoms with Crippen molar-refractivity contribution in [1.82, 2.24) is 10.6 Å². The third-order valence-electron chi connectivity index (χ3n) is 4.20. The topological polar surface area (TPSA) is 41.1 Å². The zero-order valence-corrected chi connectivity index (χ0v) is 12.1. The monoisotopic (exact) mass is 276 g/mol. The molecule has 102 valence electrons. The molecule has 0 atom stereocenters. The van der Waals surface area contributed by atoms with Crippen molar-refractivity contribution in [3.63, 3.8) is 0 Å². The van der Waals surface area contributed by atoms with Crippen molar-refractivity contribution in [2.75, 3.05) is 19.3 Å². The maximum absolute atomic E-state index is 12.4. The van der Waals surface area contributed by atoms with E-state index in [2.05, 4.69) is 23.0 Å². The van der Waals surface area contributed by atoms with E-state index in [9.17, 15) is 4.79 Å². The second-order valence-corrected chi connectivity index (χ2v) is 6.71. The normalized spacial score (nSPS) is 19.6. The van der Waals surface area contributed by atoms with Crippen LogP contribution in [0.1, 0.15) is 34.3 Å². The van der Waals surface area contributed by atoms with Crippen LogP contribution < -0.4 is 10.6 Å². The van der Waals surface area contributed by atoms with Gasteiger partial charge in [-0.2, -0.15) is 11.8 Å². The Morgan fingerprint density at radius 2 is 2.32 bits per heavy atom. The first kappa shape index (κ1) is 13.0. The van der Waals surface area contributed by atoms with E-state index < -0.39 is 0 Å². The van der Waals surface area contributed by atoms with Gasteiger partial charge in [0.05, 0.1) is 0 Å². The standard InChI is InChI=1S/C15H20N2OS/c1-19-15(6-7-15)10-17-14(18)13-4-2-3-11-9-16-8-5-12(11)13/h2-4,16H,5-10H2,1H3,(H,17,18). The first-order valence-corrected chi connectivity index (χ1v) is 8.11. The molecule has 0 spiro atoms. The van der Waals surface area contributed by atoms with E-state index in [1.54, 1.807) is 0 Å². The van der Waals surface area contributed by atoms with Gasteiger partial charge in [0.1, 0.15) is 0 Å². The van der Waals surface area contributed by atoms with Crippen molar-refractivity contribution < 1.29 is 4.79 Å². The molecule has 1 aromatic carbocycles. The Labute approximate surface area is 118 Å². The first-order chi connectivity index (χ1) is 9.24. The summed E-state index contributed by atoms with van der Waals surface area (Å²) < 4.78 is 0.325. The van der Waals surface area contributed by atoms with E-state index in [-0.39, 0.29) is 5.91 Å². The van der Waals surface area contributed by atoms with Crippen LogP contribution in [0.4, 0.5) is 0 Å². The van der Waals surface area contributed by atoms with Crippen LogP contribution in [0.15, 0.2) is 18.2 Å². The molecule has 4 heteroatoms. The van der Waals surface area contributed by atoms with Crippen molar-refractivity contribution in [2.45, 2.75) is 30.6 Å². The summed E-state index contributed by atoms with van der Waals surface area (Å²) in [5.41, 5.74) is 3.37. The van der Waals surface area contributed by atoms with Crippen molar-refractivity contribution in [3.05, 3.63) is 34.9 Å². The maximum Gasteiger partial charge on any atom is 0.251 e. The molecule has 0 aromatic heterocycles. The number of amides is 1. The molecule has 19 heavy (non-hydrogen) atoms. The minimum absolute atomic E-state index is 0.0964. The lowest BCUT2D eigenvalue weighted by Gasteiger charge is -2.20. The second-order valence-electron chi connectivity index (χ2n) is 5.44. The smallest absolute Gasteiger partial charge is 0.251 e. The predicted octanol–water partition coefficient (Wildman–Crippen LogP) is 1.96. The van der Waals surface area contributed by atoms with Crippen LogP contribution in [-0.2, 0) is 13.0 Å². The fourth-order valence-electron chi connectivity index (χ4n) is 2.67. The van der Waals surface area contributed by atoms with E-state index >= 15 is 0 Å². The van der Waals surface area contributed by atoms with Gasteiger partial charge >= 0.3 is 0 Å². The minimum atomic E-state index is 0.0964. The Balaban J connectivity index is 1.73. The molecule has 1 heterocycles. The maximum atomic E-state index is 12.4. The van der Waals surface area contributed by atoms with Crippen LogP contribution in [0.5, 0.6) is 0 Å². The fourth-order valence-corrected chi connectivity index (χ4v) is 3.40. The molecule has 1 fully saturated rings. The van der Waals surface area contributed by atoms with Gasteiger partial charge in [-0.3, -0.25) is 4.79 Å². The Bertz CT molecular complexity index is 497. The molecule has 0 radical (unpaired) electrons. The summed E-state index contributed by atoms with van der Waals surface area (Å²) in [7, 11) is 0. The highest BCUT2D eigenvalue weighted by molar-refractivity contribution is 8.00. The molecule has 1 saturated carbocycles. The highest BCUT2D eigenvalue weighted by atomic mass is 32.2. The Morgan fingerprint density at radius 3 is 3.05 bits per heavy atom. The van der Waals surface area contributed by atoms with Gasteiger partial charge < -0.3 is 10.6 Å². The van der Waals surface area contributed by atoms with Crippen molar-refractivity contribution in [2.24, 2.45) is 0 Å². The minimum Gasteiger partial charge on any atom is -0.351 e. The molecule has 1 aromatic rings. The summed E-state index contributed by atoms with van der Waals surface area (Å²) in [4.78, 5) is 12.4. The summed E-state index contributed by atoms with van der Waals surface area (Å²) in [6.07, 6.45) is 5.54. The van der Waals surface area contributed by atoms with Crippen LogP contribution in [0.2, 0.25) is 0 Å². The molecule has 2 N–H and O–H groups in total. The van der Waals surface area contributed by atoms with Gasteiger partial charge in [0.2, 0.25) is 0 Å². The highest BCUT2D eigenvalue weighted by Gasteiger charge is 2.42. The Hall–Kier alpha value is -1.00.